The van der Waals surface area contributed by atoms with Crippen LogP contribution in [0.2, 0.25) is 0 Å². The number of hydrazine groups is 1. The third kappa shape index (κ3) is 7.86. The third-order valence-corrected chi connectivity index (χ3v) is 9.62. The molecule has 1 aromatic rings. The SMILES string of the molecule is CC(C)C[C@H](NC(=O)[C@H](CCCN=C(N)N[N+](=O)[O-])NC(=O)CCc1ccccc1)B1O[C@@H]2C[C@@H]3C[C@@H](C3(C)C)[C@]2(C)O1. The van der Waals surface area contributed by atoms with Crippen molar-refractivity contribution < 1.29 is 23.9 Å². The Morgan fingerprint density at radius 1 is 1.19 bits per heavy atom. The highest BCUT2D eigenvalue weighted by atomic mass is 16.7. The van der Waals surface area contributed by atoms with Gasteiger partial charge in [0.2, 0.25) is 11.8 Å². The van der Waals surface area contributed by atoms with Crippen LogP contribution in [-0.4, -0.2) is 60.2 Å². The lowest BCUT2D eigenvalue weighted by Gasteiger charge is -2.64. The van der Waals surface area contributed by atoms with Crippen molar-refractivity contribution in [1.82, 2.24) is 16.1 Å². The normalized spacial score (nSPS) is 27.1. The van der Waals surface area contributed by atoms with E-state index in [2.05, 4.69) is 50.2 Å². The summed E-state index contributed by atoms with van der Waals surface area (Å²) in [6.07, 6.45) is 4.16. The fourth-order valence-electron chi connectivity index (χ4n) is 7.16. The van der Waals surface area contributed by atoms with E-state index in [9.17, 15) is 19.7 Å². The van der Waals surface area contributed by atoms with Gasteiger partial charge < -0.3 is 25.7 Å². The Hall–Kier alpha value is -3.19. The number of nitrogens with two attached hydrogens (primary N) is 1. The van der Waals surface area contributed by atoms with E-state index in [4.69, 9.17) is 15.0 Å². The molecule has 2 amide bonds. The molecule has 43 heavy (non-hydrogen) atoms. The standard InChI is InChI=1S/C30H47BN6O6/c1-19(2)16-25(31-42-24-18-21-17-23(29(21,3)4)30(24,5)43-31)35-27(39)22(12-9-15-33-28(32)36-37(40)41)34-26(38)14-13-20-10-7-6-8-11-20/h6-8,10-11,19,21-25H,9,12-18H2,1-5H3,(H,34,38)(H,35,39)(H3,32,33,36)/t21-,22-,23-,24+,25-,30-/m0/s1. The van der Waals surface area contributed by atoms with Crippen LogP contribution in [0.15, 0.2) is 35.3 Å². The van der Waals surface area contributed by atoms with Gasteiger partial charge in [-0.2, -0.15) is 0 Å². The van der Waals surface area contributed by atoms with Gasteiger partial charge in [-0.3, -0.25) is 9.59 Å². The summed E-state index contributed by atoms with van der Waals surface area (Å²) in [6, 6.07) is 8.85. The molecule has 1 aromatic carbocycles. The molecule has 2 bridgehead atoms. The number of carbonyl (C=O) groups is 2. The Labute approximate surface area is 254 Å². The van der Waals surface area contributed by atoms with Gasteiger partial charge in [-0.15, -0.1) is 0 Å². The molecular formula is C30H47BN6O6. The number of aryl methyl sites for hydroxylation is 1. The predicted molar refractivity (Wildman–Crippen MR) is 164 cm³/mol. The van der Waals surface area contributed by atoms with Crippen molar-refractivity contribution in [3.63, 3.8) is 0 Å². The molecular weight excluding hydrogens is 551 g/mol. The minimum atomic E-state index is -0.830. The summed E-state index contributed by atoms with van der Waals surface area (Å²) in [6.45, 7) is 11.1. The highest BCUT2D eigenvalue weighted by molar-refractivity contribution is 6.48. The minimum Gasteiger partial charge on any atom is -0.404 e. The van der Waals surface area contributed by atoms with Gasteiger partial charge in [0, 0.05) is 13.0 Å². The number of guanidine groups is 1. The number of aliphatic imine (C=N–C) groups is 1. The van der Waals surface area contributed by atoms with E-state index in [1.807, 2.05) is 30.3 Å². The van der Waals surface area contributed by atoms with Crippen LogP contribution >= 0.6 is 0 Å². The van der Waals surface area contributed by atoms with E-state index in [0.717, 1.165) is 18.4 Å². The summed E-state index contributed by atoms with van der Waals surface area (Å²) in [5.74, 6) is 0.0106. The maximum Gasteiger partial charge on any atom is 0.481 e. The second kappa shape index (κ2) is 13.6. The van der Waals surface area contributed by atoms with Crippen LogP contribution in [0, 0.1) is 33.3 Å². The lowest BCUT2D eigenvalue weighted by atomic mass is 9.43. The fraction of sp³-hybridized carbons (Fsp3) is 0.700. The van der Waals surface area contributed by atoms with E-state index in [1.54, 1.807) is 5.43 Å². The largest absolute Gasteiger partial charge is 0.481 e. The first-order chi connectivity index (χ1) is 20.3. The Balaban J connectivity index is 1.42. The van der Waals surface area contributed by atoms with E-state index in [-0.39, 0.29) is 54.6 Å². The molecule has 5 N–H and O–H groups in total. The summed E-state index contributed by atoms with van der Waals surface area (Å²) < 4.78 is 13.2. The Morgan fingerprint density at radius 2 is 1.91 bits per heavy atom. The zero-order valence-corrected chi connectivity index (χ0v) is 26.0. The molecule has 1 saturated heterocycles. The molecule has 13 heteroatoms. The molecule has 4 aliphatic rings. The molecule has 6 atom stereocenters. The van der Waals surface area contributed by atoms with E-state index >= 15 is 0 Å². The van der Waals surface area contributed by atoms with Gasteiger partial charge in [0.1, 0.15) is 6.04 Å². The molecule has 5 rings (SSSR count). The Kier molecular flexibility index (Phi) is 10.4. The van der Waals surface area contributed by atoms with Crippen molar-refractivity contribution >= 4 is 24.9 Å². The third-order valence-electron chi connectivity index (χ3n) is 9.62. The smallest absolute Gasteiger partial charge is 0.404 e. The Bertz CT molecular complexity index is 1180. The van der Waals surface area contributed by atoms with Crippen LogP contribution in [0.25, 0.3) is 0 Å². The maximum absolute atomic E-state index is 13.7. The highest BCUT2D eigenvalue weighted by Crippen LogP contribution is 2.65. The van der Waals surface area contributed by atoms with Crippen LogP contribution in [0.4, 0.5) is 0 Å². The molecule has 1 aliphatic heterocycles. The molecule has 0 unspecified atom stereocenters. The van der Waals surface area contributed by atoms with Gasteiger partial charge in [-0.25, -0.2) is 15.1 Å². The Morgan fingerprint density at radius 3 is 2.56 bits per heavy atom. The van der Waals surface area contributed by atoms with Crippen molar-refractivity contribution in [3.8, 4) is 0 Å². The average Bonchev–Trinajstić information content (AvgIpc) is 3.30. The zero-order valence-electron chi connectivity index (χ0n) is 26.0. The van der Waals surface area contributed by atoms with Gasteiger partial charge in [0.05, 0.1) is 17.6 Å². The summed E-state index contributed by atoms with van der Waals surface area (Å²) in [5.41, 5.74) is 8.16. The van der Waals surface area contributed by atoms with Crippen LogP contribution in [0.5, 0.6) is 0 Å². The second-order valence-electron chi connectivity index (χ2n) is 13.5. The van der Waals surface area contributed by atoms with Crippen molar-refractivity contribution in [1.29, 1.82) is 0 Å². The molecule has 4 fully saturated rings. The quantitative estimate of drug-likeness (QED) is 0.0633. The topological polar surface area (TPSA) is 170 Å². The van der Waals surface area contributed by atoms with Gasteiger partial charge in [0.15, 0.2) is 5.03 Å². The molecule has 3 aliphatic carbocycles. The van der Waals surface area contributed by atoms with Gasteiger partial charge >= 0.3 is 7.12 Å². The number of benzene rings is 1. The van der Waals surface area contributed by atoms with Gasteiger partial charge in [0.25, 0.3) is 5.96 Å². The predicted octanol–water partition coefficient (Wildman–Crippen LogP) is 2.78. The first-order valence-corrected chi connectivity index (χ1v) is 15.5. The lowest BCUT2D eigenvalue weighted by Crippen LogP contribution is -2.65. The van der Waals surface area contributed by atoms with Gasteiger partial charge in [-0.1, -0.05) is 63.5 Å². The highest BCUT2D eigenvalue weighted by Gasteiger charge is 2.68. The van der Waals surface area contributed by atoms with E-state index in [1.165, 1.54) is 0 Å². The summed E-state index contributed by atoms with van der Waals surface area (Å²) in [4.78, 5) is 41.2. The minimum absolute atomic E-state index is 0.00887. The molecule has 0 spiro atoms. The first-order valence-electron chi connectivity index (χ1n) is 15.5. The summed E-state index contributed by atoms with van der Waals surface area (Å²) in [7, 11) is -0.580. The number of nitrogens with one attached hydrogen (secondary N) is 3. The number of rotatable bonds is 14. The lowest BCUT2D eigenvalue weighted by molar-refractivity contribution is -0.525. The fourth-order valence-corrected chi connectivity index (χ4v) is 7.16. The number of hydrogen-bond donors (Lipinski definition) is 4. The number of hydrogen-bond acceptors (Lipinski definition) is 7. The number of nitro groups is 1. The van der Waals surface area contributed by atoms with Crippen molar-refractivity contribution in [2.45, 2.75) is 103 Å². The monoisotopic (exact) mass is 598 g/mol. The number of nitrogens with zero attached hydrogens (tertiary/aromatic N) is 2. The van der Waals surface area contributed by atoms with E-state index < -0.39 is 29.7 Å². The molecule has 0 radical (unpaired) electrons. The average molecular weight is 599 g/mol. The van der Waals surface area contributed by atoms with Crippen LogP contribution < -0.4 is 21.8 Å². The molecule has 0 aromatic heterocycles. The van der Waals surface area contributed by atoms with E-state index in [0.29, 0.717) is 31.1 Å². The van der Waals surface area contributed by atoms with Crippen LogP contribution in [0.3, 0.4) is 0 Å². The maximum atomic E-state index is 13.7. The zero-order chi connectivity index (χ0) is 31.4. The van der Waals surface area contributed by atoms with Gasteiger partial charge in [-0.05, 0) is 74.2 Å². The summed E-state index contributed by atoms with van der Waals surface area (Å²) in [5, 5.41) is 15.9. The van der Waals surface area contributed by atoms with Crippen molar-refractivity contribution in [2.24, 2.45) is 33.9 Å². The van der Waals surface area contributed by atoms with Crippen molar-refractivity contribution in [2.75, 3.05) is 6.54 Å². The van der Waals surface area contributed by atoms with Crippen LogP contribution in [0.1, 0.15) is 78.7 Å². The van der Waals surface area contributed by atoms with Crippen LogP contribution in [-0.2, 0) is 25.3 Å². The molecule has 3 saturated carbocycles. The second-order valence-corrected chi connectivity index (χ2v) is 13.5. The van der Waals surface area contributed by atoms with Crippen molar-refractivity contribution in [3.05, 3.63) is 46.0 Å². The number of carbonyl (C=O) groups excluding carboxylic acids is 2. The summed E-state index contributed by atoms with van der Waals surface area (Å²) >= 11 is 0. The molecule has 12 nitrogen and oxygen atoms in total. The molecule has 236 valence electrons. The first kappa shape index (κ1) is 32.7. The molecule has 1 heterocycles. The number of amides is 2.